The number of carbonyl (C=O) groups is 1. The molecule has 1 aromatic carbocycles. The summed E-state index contributed by atoms with van der Waals surface area (Å²) in [5.41, 5.74) is 1.34. The highest BCUT2D eigenvalue weighted by molar-refractivity contribution is 7.98. The van der Waals surface area contributed by atoms with Crippen LogP contribution in [0.2, 0.25) is 0 Å². The van der Waals surface area contributed by atoms with Gasteiger partial charge in [0.1, 0.15) is 5.82 Å². The summed E-state index contributed by atoms with van der Waals surface area (Å²) in [7, 11) is 1.30. The van der Waals surface area contributed by atoms with Crippen molar-refractivity contribution in [1.82, 2.24) is 25.1 Å². The van der Waals surface area contributed by atoms with Crippen molar-refractivity contribution in [2.45, 2.75) is 24.3 Å². The number of hydrogen-bond acceptors (Lipinski definition) is 10. The summed E-state index contributed by atoms with van der Waals surface area (Å²) < 4.78 is 10.3. The van der Waals surface area contributed by atoms with Crippen LogP contribution in [0.1, 0.15) is 32.8 Å². The third kappa shape index (κ3) is 4.35. The molecule has 0 unspecified atom stereocenters. The number of methoxy groups -OCH3 is 1. The van der Waals surface area contributed by atoms with E-state index in [2.05, 4.69) is 25.1 Å². The van der Waals surface area contributed by atoms with Gasteiger partial charge in [-0.2, -0.15) is 0 Å². The summed E-state index contributed by atoms with van der Waals surface area (Å²) >= 11 is 2.83. The topological polar surface area (TPSA) is 124 Å². The van der Waals surface area contributed by atoms with Crippen molar-refractivity contribution in [3.63, 3.8) is 0 Å². The smallest absolute Gasteiger partial charge is 0.337 e. The molecule has 1 N–H and O–H groups in total. The van der Waals surface area contributed by atoms with Crippen LogP contribution < -0.4 is 5.56 Å². The van der Waals surface area contributed by atoms with Gasteiger partial charge in [0.2, 0.25) is 5.89 Å². The number of thioether (sulfide) groups is 1. The Hall–Kier alpha value is -3.05. The van der Waals surface area contributed by atoms with Crippen molar-refractivity contribution in [3.05, 3.63) is 61.9 Å². The predicted molar refractivity (Wildman–Crippen MR) is 107 cm³/mol. The zero-order valence-corrected chi connectivity index (χ0v) is 17.1. The van der Waals surface area contributed by atoms with Crippen molar-refractivity contribution in [2.75, 3.05) is 7.11 Å². The molecule has 3 aromatic heterocycles. The zero-order valence-electron chi connectivity index (χ0n) is 15.5. The molecule has 11 heteroatoms. The molecule has 148 valence electrons. The largest absolute Gasteiger partial charge is 0.465 e. The molecule has 0 atom stereocenters. The second-order valence-electron chi connectivity index (χ2n) is 6.02. The molecule has 0 amide bonds. The number of nitrogens with one attached hydrogen (secondary N) is 1. The van der Waals surface area contributed by atoms with Gasteiger partial charge in [-0.15, -0.1) is 21.5 Å². The van der Waals surface area contributed by atoms with Gasteiger partial charge in [-0.25, -0.2) is 14.8 Å². The maximum Gasteiger partial charge on any atom is 0.337 e. The normalized spacial score (nSPS) is 11.1. The van der Waals surface area contributed by atoms with Crippen molar-refractivity contribution in [2.24, 2.45) is 0 Å². The van der Waals surface area contributed by atoms with E-state index in [1.807, 2.05) is 12.3 Å². The predicted octanol–water partition coefficient (Wildman–Crippen LogP) is 2.74. The van der Waals surface area contributed by atoms with Crippen LogP contribution in [0.5, 0.6) is 0 Å². The van der Waals surface area contributed by atoms with Crippen LogP contribution in [-0.2, 0) is 16.9 Å². The van der Waals surface area contributed by atoms with E-state index >= 15 is 0 Å². The summed E-state index contributed by atoms with van der Waals surface area (Å²) in [6.45, 7) is 1.94. The van der Waals surface area contributed by atoms with Crippen LogP contribution in [0, 0.1) is 6.92 Å². The first-order chi connectivity index (χ1) is 14.0. The average molecular weight is 429 g/mol. The van der Waals surface area contributed by atoms with Crippen LogP contribution in [0.4, 0.5) is 0 Å². The van der Waals surface area contributed by atoms with Crippen molar-refractivity contribution in [1.29, 1.82) is 0 Å². The molecule has 9 nitrogen and oxygen atoms in total. The summed E-state index contributed by atoms with van der Waals surface area (Å²) in [5.74, 6) is 0.744. The van der Waals surface area contributed by atoms with Gasteiger partial charge in [0.25, 0.3) is 10.8 Å². The fourth-order valence-electron chi connectivity index (χ4n) is 2.64. The highest BCUT2D eigenvalue weighted by atomic mass is 32.2. The monoisotopic (exact) mass is 429 g/mol. The molecule has 0 aliphatic heterocycles. The molecule has 0 radical (unpaired) electrons. The number of fused-ring (bicyclic) bond motifs is 1. The SMILES string of the molecule is COC(=O)c1ccc2c(=O)[nH]c(CSc3nnc(Cc4csc(C)n4)o3)nc2c1. The maximum absolute atomic E-state index is 12.3. The molecule has 4 rings (SSSR count). The highest BCUT2D eigenvalue weighted by Gasteiger charge is 2.13. The number of esters is 1. The molecule has 0 bridgehead atoms. The second-order valence-corrected chi connectivity index (χ2v) is 8.01. The first-order valence-corrected chi connectivity index (χ1v) is 10.4. The van der Waals surface area contributed by atoms with Gasteiger partial charge >= 0.3 is 5.97 Å². The van der Waals surface area contributed by atoms with Crippen molar-refractivity contribution < 1.29 is 13.9 Å². The van der Waals surface area contributed by atoms with Gasteiger partial charge in [0.15, 0.2) is 0 Å². The van der Waals surface area contributed by atoms with Crippen molar-refractivity contribution in [3.8, 4) is 0 Å². The minimum absolute atomic E-state index is 0.285. The Morgan fingerprint density at radius 2 is 2.17 bits per heavy atom. The van der Waals surface area contributed by atoms with E-state index in [9.17, 15) is 9.59 Å². The number of aromatic nitrogens is 5. The Morgan fingerprint density at radius 1 is 1.31 bits per heavy atom. The Labute approximate surface area is 172 Å². The fraction of sp³-hybridized carbons (Fsp3) is 0.222. The van der Waals surface area contributed by atoms with E-state index < -0.39 is 5.97 Å². The van der Waals surface area contributed by atoms with Gasteiger partial charge in [0.05, 0.1) is 46.5 Å². The van der Waals surface area contributed by atoms with E-state index in [0.29, 0.717) is 45.6 Å². The Bertz CT molecular complexity index is 1250. The number of thiazole rings is 1. The fourth-order valence-corrected chi connectivity index (χ4v) is 3.91. The van der Waals surface area contributed by atoms with Crippen LogP contribution >= 0.6 is 23.1 Å². The molecule has 0 spiro atoms. The molecule has 29 heavy (non-hydrogen) atoms. The van der Waals surface area contributed by atoms with Crippen molar-refractivity contribution >= 4 is 40.0 Å². The molecule has 0 aliphatic carbocycles. The minimum atomic E-state index is -0.487. The third-order valence-electron chi connectivity index (χ3n) is 3.96. The first kappa shape index (κ1) is 19.3. The summed E-state index contributed by atoms with van der Waals surface area (Å²) in [5, 5.41) is 11.7. The van der Waals surface area contributed by atoms with Crippen LogP contribution in [0.3, 0.4) is 0 Å². The van der Waals surface area contributed by atoms with E-state index in [4.69, 9.17) is 9.15 Å². The number of carbonyl (C=O) groups excluding carboxylic acids is 1. The summed E-state index contributed by atoms with van der Waals surface area (Å²) in [6, 6.07) is 4.61. The zero-order chi connectivity index (χ0) is 20.4. The molecular weight excluding hydrogens is 414 g/mol. The number of hydrogen-bond donors (Lipinski definition) is 1. The van der Waals surface area contributed by atoms with Gasteiger partial charge in [-0.05, 0) is 25.1 Å². The highest BCUT2D eigenvalue weighted by Crippen LogP contribution is 2.22. The number of aromatic amines is 1. The number of rotatable bonds is 6. The number of aryl methyl sites for hydroxylation is 1. The second kappa shape index (κ2) is 8.13. The van der Waals surface area contributed by atoms with E-state index in [0.717, 1.165) is 10.7 Å². The van der Waals surface area contributed by atoms with E-state index in [1.54, 1.807) is 17.4 Å². The molecule has 4 aromatic rings. The quantitative estimate of drug-likeness (QED) is 0.364. The Morgan fingerprint density at radius 3 is 2.93 bits per heavy atom. The number of benzene rings is 1. The van der Waals surface area contributed by atoms with E-state index in [1.165, 1.54) is 31.0 Å². The number of nitrogens with zero attached hydrogens (tertiary/aromatic N) is 4. The first-order valence-electron chi connectivity index (χ1n) is 8.49. The molecule has 0 saturated heterocycles. The van der Waals surface area contributed by atoms with E-state index in [-0.39, 0.29) is 5.56 Å². The standard InChI is InChI=1S/C18H15N5O4S2/c1-9-19-11(7-28-9)6-15-22-23-18(27-15)29-8-14-20-13-5-10(17(25)26-2)3-4-12(13)16(24)21-14/h3-5,7H,6,8H2,1-2H3,(H,20,21,24). The number of ether oxygens (including phenoxy) is 1. The van der Waals surface area contributed by atoms with Crippen LogP contribution in [0.25, 0.3) is 10.9 Å². The molecule has 3 heterocycles. The number of H-pyrrole nitrogens is 1. The summed E-state index contributed by atoms with van der Waals surface area (Å²) in [6.07, 6.45) is 0.471. The molecule has 0 fully saturated rings. The molecule has 0 aliphatic rings. The van der Waals surface area contributed by atoms with Crippen LogP contribution in [0.15, 0.2) is 38.0 Å². The Balaban J connectivity index is 1.49. The lowest BCUT2D eigenvalue weighted by atomic mass is 10.1. The van der Waals surface area contributed by atoms with Gasteiger partial charge in [-0.1, -0.05) is 11.8 Å². The lowest BCUT2D eigenvalue weighted by Gasteiger charge is -2.03. The maximum atomic E-state index is 12.3. The minimum Gasteiger partial charge on any atom is -0.465 e. The lowest BCUT2D eigenvalue weighted by molar-refractivity contribution is 0.0601. The third-order valence-corrected chi connectivity index (χ3v) is 5.61. The lowest BCUT2D eigenvalue weighted by Crippen LogP contribution is -2.12. The van der Waals surface area contributed by atoms with Gasteiger partial charge < -0.3 is 14.1 Å². The van der Waals surface area contributed by atoms with Gasteiger partial charge in [0, 0.05) is 5.38 Å². The Kier molecular flexibility index (Phi) is 5.41. The van der Waals surface area contributed by atoms with Gasteiger partial charge in [-0.3, -0.25) is 4.79 Å². The van der Waals surface area contributed by atoms with Crippen LogP contribution in [-0.4, -0.2) is 38.2 Å². The molecular formula is C18H15N5O4S2. The average Bonchev–Trinajstić information content (AvgIpc) is 3.34. The summed E-state index contributed by atoms with van der Waals surface area (Å²) in [4.78, 5) is 35.5. The molecule has 0 saturated carbocycles.